The zero-order chi connectivity index (χ0) is 21.4. The number of rotatable bonds is 4. The summed E-state index contributed by atoms with van der Waals surface area (Å²) in [5.41, 5.74) is 4.05. The van der Waals surface area contributed by atoms with Crippen LogP contribution in [-0.4, -0.2) is 51.7 Å². The van der Waals surface area contributed by atoms with Gasteiger partial charge in [0.15, 0.2) is 0 Å². The van der Waals surface area contributed by atoms with E-state index in [0.29, 0.717) is 39.0 Å². The second-order valence-corrected chi connectivity index (χ2v) is 8.84. The van der Waals surface area contributed by atoms with E-state index in [4.69, 9.17) is 4.74 Å². The SMILES string of the molecule is Cc1c(-c2ccc(CC3(F)CCN(C(=O)[C@H]4CCCO4)CC3)cc2)ccc2nccn12. The van der Waals surface area contributed by atoms with Gasteiger partial charge in [0.25, 0.3) is 5.91 Å². The highest BCUT2D eigenvalue weighted by atomic mass is 19.1. The molecule has 31 heavy (non-hydrogen) atoms. The lowest BCUT2D eigenvalue weighted by atomic mass is 9.86. The number of nitrogens with zero attached hydrogens (tertiary/aromatic N) is 3. The molecule has 0 unspecified atom stereocenters. The maximum atomic E-state index is 15.5. The third kappa shape index (κ3) is 3.97. The van der Waals surface area contributed by atoms with Gasteiger partial charge in [-0.05, 0) is 55.9 Å². The average molecular weight is 422 g/mol. The van der Waals surface area contributed by atoms with E-state index < -0.39 is 5.67 Å². The van der Waals surface area contributed by atoms with Crippen molar-refractivity contribution in [2.75, 3.05) is 19.7 Å². The summed E-state index contributed by atoms with van der Waals surface area (Å²) in [6.07, 6.45) is 6.31. The summed E-state index contributed by atoms with van der Waals surface area (Å²) >= 11 is 0. The molecule has 0 bridgehead atoms. The summed E-state index contributed by atoms with van der Waals surface area (Å²) in [4.78, 5) is 18.6. The third-order valence-electron chi connectivity index (χ3n) is 6.78. The number of aromatic nitrogens is 2. The van der Waals surface area contributed by atoms with Gasteiger partial charge in [-0.15, -0.1) is 0 Å². The Morgan fingerprint density at radius 2 is 1.97 bits per heavy atom. The van der Waals surface area contributed by atoms with Gasteiger partial charge in [-0.2, -0.15) is 0 Å². The number of ether oxygens (including phenoxy) is 1. The Morgan fingerprint density at radius 1 is 1.19 bits per heavy atom. The zero-order valence-corrected chi connectivity index (χ0v) is 17.9. The number of benzene rings is 1. The number of aryl methyl sites for hydroxylation is 1. The molecule has 5 nitrogen and oxygen atoms in total. The number of hydrogen-bond acceptors (Lipinski definition) is 3. The second kappa shape index (κ2) is 8.08. The van der Waals surface area contributed by atoms with E-state index in [9.17, 15) is 4.79 Å². The first kappa shape index (κ1) is 20.2. The van der Waals surface area contributed by atoms with E-state index in [2.05, 4.69) is 34.5 Å². The van der Waals surface area contributed by atoms with Gasteiger partial charge in [0.05, 0.1) is 0 Å². The van der Waals surface area contributed by atoms with E-state index in [-0.39, 0.29) is 12.0 Å². The molecule has 2 aliphatic rings. The van der Waals surface area contributed by atoms with Gasteiger partial charge in [-0.1, -0.05) is 24.3 Å². The van der Waals surface area contributed by atoms with Gasteiger partial charge in [0.2, 0.25) is 0 Å². The summed E-state index contributed by atoms with van der Waals surface area (Å²) in [5, 5.41) is 0. The molecule has 3 aromatic rings. The summed E-state index contributed by atoms with van der Waals surface area (Å²) in [6, 6.07) is 12.3. The van der Waals surface area contributed by atoms with Crippen molar-refractivity contribution in [2.24, 2.45) is 0 Å². The lowest BCUT2D eigenvalue weighted by Crippen LogP contribution is -2.48. The minimum absolute atomic E-state index is 0.0362. The summed E-state index contributed by atoms with van der Waals surface area (Å²) in [7, 11) is 0. The van der Waals surface area contributed by atoms with Crippen LogP contribution in [0.4, 0.5) is 4.39 Å². The smallest absolute Gasteiger partial charge is 0.251 e. The van der Waals surface area contributed by atoms with Gasteiger partial charge in [0.1, 0.15) is 17.4 Å². The van der Waals surface area contributed by atoms with Crippen LogP contribution >= 0.6 is 0 Å². The van der Waals surface area contributed by atoms with Crippen LogP contribution < -0.4 is 0 Å². The Balaban J connectivity index is 1.24. The number of imidazole rings is 1. The Hall–Kier alpha value is -2.73. The minimum atomic E-state index is -1.26. The predicted molar refractivity (Wildman–Crippen MR) is 118 cm³/mol. The highest BCUT2D eigenvalue weighted by Gasteiger charge is 2.38. The lowest BCUT2D eigenvalue weighted by molar-refractivity contribution is -0.143. The van der Waals surface area contributed by atoms with Crippen molar-refractivity contribution in [3.05, 3.63) is 60.0 Å². The second-order valence-electron chi connectivity index (χ2n) is 8.84. The average Bonchev–Trinajstić information content (AvgIpc) is 3.47. The van der Waals surface area contributed by atoms with E-state index >= 15 is 4.39 Å². The van der Waals surface area contributed by atoms with Crippen LogP contribution in [0.15, 0.2) is 48.8 Å². The third-order valence-corrected chi connectivity index (χ3v) is 6.78. The van der Waals surface area contributed by atoms with Crippen LogP contribution in [0.1, 0.15) is 36.9 Å². The molecule has 1 atom stereocenters. The molecule has 0 saturated carbocycles. The van der Waals surface area contributed by atoms with Crippen LogP contribution in [-0.2, 0) is 16.0 Å². The van der Waals surface area contributed by atoms with Gasteiger partial charge in [0, 0.05) is 49.8 Å². The number of alkyl halides is 1. The molecule has 0 N–H and O–H groups in total. The van der Waals surface area contributed by atoms with Gasteiger partial charge >= 0.3 is 0 Å². The lowest BCUT2D eigenvalue weighted by Gasteiger charge is -2.37. The molecule has 1 amide bonds. The molecular formula is C25H28FN3O2. The Labute approximate surface area is 181 Å². The van der Waals surface area contributed by atoms with Crippen LogP contribution in [0.5, 0.6) is 0 Å². The molecule has 4 heterocycles. The van der Waals surface area contributed by atoms with Crippen LogP contribution in [0.2, 0.25) is 0 Å². The molecule has 0 spiro atoms. The number of carbonyl (C=O) groups is 1. The molecule has 162 valence electrons. The molecule has 1 aromatic carbocycles. The largest absolute Gasteiger partial charge is 0.368 e. The molecule has 6 heteroatoms. The first-order chi connectivity index (χ1) is 15.0. The van der Waals surface area contributed by atoms with Crippen LogP contribution in [0.25, 0.3) is 16.8 Å². The molecule has 2 saturated heterocycles. The minimum Gasteiger partial charge on any atom is -0.368 e. The highest BCUT2D eigenvalue weighted by Crippen LogP contribution is 2.32. The summed E-state index contributed by atoms with van der Waals surface area (Å²) in [5.74, 6) is 0.0362. The standard InChI is InChI=1S/C25H28FN3O2/c1-18-21(8-9-23-27-12-15-29(18)23)20-6-4-19(5-7-20)17-25(26)10-13-28(14-11-25)24(30)22-3-2-16-31-22/h4-9,12,15,22H,2-3,10-11,13-14,16-17H2,1H3/t22-/m1/s1. The Kier molecular flexibility index (Phi) is 5.26. The van der Waals surface area contributed by atoms with Crippen molar-refractivity contribution in [1.29, 1.82) is 0 Å². The van der Waals surface area contributed by atoms with E-state index in [1.54, 1.807) is 11.1 Å². The van der Waals surface area contributed by atoms with E-state index in [1.807, 2.05) is 24.4 Å². The number of hydrogen-bond donors (Lipinski definition) is 0. The van der Waals surface area contributed by atoms with Crippen molar-refractivity contribution >= 4 is 11.6 Å². The number of likely N-dealkylation sites (tertiary alicyclic amines) is 1. The quantitative estimate of drug-likeness (QED) is 0.629. The molecule has 5 rings (SSSR count). The monoisotopic (exact) mass is 421 g/mol. The number of amides is 1. The highest BCUT2D eigenvalue weighted by molar-refractivity contribution is 5.81. The fourth-order valence-corrected chi connectivity index (χ4v) is 4.88. The van der Waals surface area contributed by atoms with E-state index in [0.717, 1.165) is 40.9 Å². The molecule has 2 aromatic heterocycles. The molecule has 2 aliphatic heterocycles. The van der Waals surface area contributed by atoms with Crippen LogP contribution in [0.3, 0.4) is 0 Å². The zero-order valence-electron chi connectivity index (χ0n) is 17.9. The fraction of sp³-hybridized carbons (Fsp3) is 0.440. The summed E-state index contributed by atoms with van der Waals surface area (Å²) in [6.45, 7) is 3.68. The van der Waals surface area contributed by atoms with Crippen molar-refractivity contribution < 1.29 is 13.9 Å². The number of fused-ring (bicyclic) bond motifs is 1. The van der Waals surface area contributed by atoms with Gasteiger partial charge in [-0.25, -0.2) is 9.37 Å². The number of piperidine rings is 1. The molecular weight excluding hydrogens is 393 g/mol. The number of pyridine rings is 1. The normalized spacial score (nSPS) is 21.0. The summed E-state index contributed by atoms with van der Waals surface area (Å²) < 4.78 is 23.1. The Morgan fingerprint density at radius 3 is 2.68 bits per heavy atom. The Bertz CT molecular complexity index is 1080. The number of carbonyl (C=O) groups excluding carboxylic acids is 1. The molecule has 0 aliphatic carbocycles. The first-order valence-electron chi connectivity index (χ1n) is 11.1. The predicted octanol–water partition coefficient (Wildman–Crippen LogP) is 4.36. The maximum Gasteiger partial charge on any atom is 0.251 e. The maximum absolute atomic E-state index is 15.5. The first-order valence-corrected chi connectivity index (χ1v) is 11.1. The van der Waals surface area contributed by atoms with Crippen molar-refractivity contribution in [3.8, 4) is 11.1 Å². The van der Waals surface area contributed by atoms with Crippen molar-refractivity contribution in [2.45, 2.75) is 50.8 Å². The topological polar surface area (TPSA) is 46.8 Å². The van der Waals surface area contributed by atoms with Crippen molar-refractivity contribution in [3.63, 3.8) is 0 Å². The molecule has 0 radical (unpaired) electrons. The van der Waals surface area contributed by atoms with Crippen molar-refractivity contribution in [1.82, 2.24) is 14.3 Å². The van der Waals surface area contributed by atoms with E-state index in [1.165, 1.54) is 0 Å². The van der Waals surface area contributed by atoms with Crippen LogP contribution in [0, 0.1) is 6.92 Å². The van der Waals surface area contributed by atoms with Gasteiger partial charge in [-0.3, -0.25) is 4.79 Å². The fourth-order valence-electron chi connectivity index (χ4n) is 4.88. The molecule has 2 fully saturated rings. The number of halogens is 1. The van der Waals surface area contributed by atoms with Gasteiger partial charge < -0.3 is 14.0 Å².